The maximum atomic E-state index is 12.1. The van der Waals surface area contributed by atoms with Gasteiger partial charge in [-0.2, -0.15) is 0 Å². The number of carbonyl (C=O) groups excluding carboxylic acids is 1. The van der Waals surface area contributed by atoms with Crippen molar-refractivity contribution in [3.63, 3.8) is 0 Å². The highest BCUT2D eigenvalue weighted by atomic mass is 16.5. The Hall–Kier alpha value is -1.31. The molecule has 0 aromatic heterocycles. The van der Waals surface area contributed by atoms with E-state index >= 15 is 0 Å². The van der Waals surface area contributed by atoms with Crippen LogP contribution in [0.4, 0.5) is 0 Å². The molecule has 0 bridgehead atoms. The van der Waals surface area contributed by atoms with E-state index in [2.05, 4.69) is 0 Å². The van der Waals surface area contributed by atoms with Crippen molar-refractivity contribution in [1.29, 1.82) is 0 Å². The normalized spacial score (nSPS) is 14.6. The average molecular weight is 220 g/mol. The van der Waals surface area contributed by atoms with E-state index < -0.39 is 5.41 Å². The van der Waals surface area contributed by atoms with E-state index in [-0.39, 0.29) is 11.9 Å². The molecule has 1 aromatic rings. The minimum absolute atomic E-state index is 0.142. The Morgan fingerprint density at radius 1 is 1.31 bits per heavy atom. The second-order valence-electron chi connectivity index (χ2n) is 4.44. The Morgan fingerprint density at radius 3 is 2.31 bits per heavy atom. The molecular weight excluding hydrogens is 200 g/mol. The zero-order valence-electron chi connectivity index (χ0n) is 10.5. The molecule has 0 saturated heterocycles. The van der Waals surface area contributed by atoms with Crippen LogP contribution in [0.2, 0.25) is 0 Å². The first kappa shape index (κ1) is 12.8. The Balaban J connectivity index is 3.12. The van der Waals surface area contributed by atoms with Gasteiger partial charge in [0.25, 0.3) is 0 Å². The number of hydrogen-bond donors (Lipinski definition) is 0. The molecule has 88 valence electrons. The Kier molecular flexibility index (Phi) is 4.11. The van der Waals surface area contributed by atoms with Crippen molar-refractivity contribution in [2.75, 3.05) is 6.61 Å². The zero-order chi connectivity index (χ0) is 12.2. The second kappa shape index (κ2) is 5.15. The summed E-state index contributed by atoms with van der Waals surface area (Å²) in [5.41, 5.74) is 0.459. The van der Waals surface area contributed by atoms with E-state index in [9.17, 15) is 4.79 Å². The number of hydrogen-bond acceptors (Lipinski definition) is 2. The molecule has 16 heavy (non-hydrogen) atoms. The number of benzene rings is 1. The minimum Gasteiger partial charge on any atom is -0.465 e. The molecule has 1 rings (SSSR count). The number of rotatable bonds is 4. The van der Waals surface area contributed by atoms with Crippen LogP contribution in [0.3, 0.4) is 0 Å². The fourth-order valence-corrected chi connectivity index (χ4v) is 1.75. The predicted molar refractivity (Wildman–Crippen MR) is 65.3 cm³/mol. The monoisotopic (exact) mass is 220 g/mol. The van der Waals surface area contributed by atoms with Gasteiger partial charge >= 0.3 is 5.97 Å². The van der Waals surface area contributed by atoms with Gasteiger partial charge in [-0.3, -0.25) is 4.79 Å². The van der Waals surface area contributed by atoms with E-state index in [1.54, 1.807) is 0 Å². The van der Waals surface area contributed by atoms with E-state index in [0.29, 0.717) is 6.61 Å². The van der Waals surface area contributed by atoms with E-state index in [1.165, 1.54) is 0 Å². The van der Waals surface area contributed by atoms with E-state index in [4.69, 9.17) is 4.74 Å². The highest BCUT2D eigenvalue weighted by Crippen LogP contribution is 2.33. The molecular formula is C14H20O2. The Bertz CT molecular complexity index is 343. The van der Waals surface area contributed by atoms with Crippen molar-refractivity contribution >= 4 is 5.97 Å². The molecule has 1 unspecified atom stereocenters. The summed E-state index contributed by atoms with van der Waals surface area (Å²) in [6.45, 7) is 8.30. The molecule has 0 spiro atoms. The smallest absolute Gasteiger partial charge is 0.316 e. The molecule has 0 radical (unpaired) electrons. The van der Waals surface area contributed by atoms with Crippen molar-refractivity contribution in [2.45, 2.75) is 33.1 Å². The largest absolute Gasteiger partial charge is 0.465 e. The summed E-state index contributed by atoms with van der Waals surface area (Å²) in [4.78, 5) is 12.1. The lowest BCUT2D eigenvalue weighted by Crippen LogP contribution is -2.39. The number of carbonyl (C=O) groups is 1. The van der Waals surface area contributed by atoms with Crippen LogP contribution in [0, 0.1) is 5.92 Å². The quantitative estimate of drug-likeness (QED) is 0.728. The maximum Gasteiger partial charge on any atom is 0.316 e. The van der Waals surface area contributed by atoms with E-state index in [0.717, 1.165) is 5.56 Å². The molecule has 0 aliphatic carbocycles. The maximum absolute atomic E-state index is 12.1. The lowest BCUT2D eigenvalue weighted by molar-refractivity contribution is -0.151. The average Bonchev–Trinajstić information content (AvgIpc) is 2.29. The van der Waals surface area contributed by atoms with Crippen molar-refractivity contribution < 1.29 is 9.53 Å². The first-order chi connectivity index (χ1) is 7.53. The van der Waals surface area contributed by atoms with Crippen LogP contribution in [-0.4, -0.2) is 12.6 Å². The van der Waals surface area contributed by atoms with Gasteiger partial charge in [0, 0.05) is 0 Å². The van der Waals surface area contributed by atoms with Crippen molar-refractivity contribution in [2.24, 2.45) is 5.92 Å². The minimum atomic E-state index is -0.558. The molecule has 0 N–H and O–H groups in total. The lowest BCUT2D eigenvalue weighted by Gasteiger charge is -2.31. The molecule has 2 heteroatoms. The third kappa shape index (κ3) is 2.26. The highest BCUT2D eigenvalue weighted by molar-refractivity contribution is 5.83. The van der Waals surface area contributed by atoms with Gasteiger partial charge in [0.1, 0.15) is 0 Å². The van der Waals surface area contributed by atoms with Gasteiger partial charge in [-0.25, -0.2) is 0 Å². The molecule has 0 aliphatic rings. The standard InChI is InChI=1S/C14H20O2/c1-5-16-13(15)14(4,11(2)3)12-9-7-6-8-10-12/h6-11H,5H2,1-4H3. The van der Waals surface area contributed by atoms with Gasteiger partial charge in [-0.05, 0) is 25.3 Å². The SMILES string of the molecule is CCOC(=O)C(C)(c1ccccc1)C(C)C. The number of esters is 1. The van der Waals surface area contributed by atoms with Gasteiger partial charge in [-0.1, -0.05) is 44.2 Å². The summed E-state index contributed by atoms with van der Waals surface area (Å²) in [6.07, 6.45) is 0. The molecule has 0 saturated carbocycles. The summed E-state index contributed by atoms with van der Waals surface area (Å²) in [5, 5.41) is 0. The first-order valence-corrected chi connectivity index (χ1v) is 5.76. The van der Waals surface area contributed by atoms with Crippen LogP contribution in [0.5, 0.6) is 0 Å². The van der Waals surface area contributed by atoms with Crippen LogP contribution in [0.25, 0.3) is 0 Å². The third-order valence-corrected chi connectivity index (χ3v) is 3.23. The molecule has 1 aromatic carbocycles. The summed E-state index contributed by atoms with van der Waals surface area (Å²) in [6, 6.07) is 9.83. The van der Waals surface area contributed by atoms with Gasteiger partial charge < -0.3 is 4.74 Å². The van der Waals surface area contributed by atoms with Crippen LogP contribution in [0.1, 0.15) is 33.3 Å². The Labute approximate surface area is 97.6 Å². The number of ether oxygens (including phenoxy) is 1. The zero-order valence-corrected chi connectivity index (χ0v) is 10.5. The van der Waals surface area contributed by atoms with Gasteiger partial charge in [-0.15, -0.1) is 0 Å². The molecule has 0 amide bonds. The van der Waals surface area contributed by atoms with Crippen LogP contribution < -0.4 is 0 Å². The molecule has 0 heterocycles. The van der Waals surface area contributed by atoms with Crippen molar-refractivity contribution in [3.05, 3.63) is 35.9 Å². The Morgan fingerprint density at radius 2 is 1.88 bits per heavy atom. The predicted octanol–water partition coefficient (Wildman–Crippen LogP) is 3.16. The highest BCUT2D eigenvalue weighted by Gasteiger charge is 2.39. The molecule has 0 aliphatic heterocycles. The van der Waals surface area contributed by atoms with Crippen LogP contribution in [-0.2, 0) is 14.9 Å². The van der Waals surface area contributed by atoms with Gasteiger partial charge in [0.2, 0.25) is 0 Å². The molecule has 2 nitrogen and oxygen atoms in total. The van der Waals surface area contributed by atoms with Gasteiger partial charge in [0.05, 0.1) is 12.0 Å². The van der Waals surface area contributed by atoms with Crippen LogP contribution >= 0.6 is 0 Å². The topological polar surface area (TPSA) is 26.3 Å². The molecule has 0 fully saturated rings. The van der Waals surface area contributed by atoms with Crippen LogP contribution in [0.15, 0.2) is 30.3 Å². The summed E-state index contributed by atoms with van der Waals surface area (Å²) in [7, 11) is 0. The summed E-state index contributed by atoms with van der Waals surface area (Å²) < 4.78 is 5.18. The fourth-order valence-electron chi connectivity index (χ4n) is 1.75. The van der Waals surface area contributed by atoms with Gasteiger partial charge in [0.15, 0.2) is 0 Å². The van der Waals surface area contributed by atoms with Crippen molar-refractivity contribution in [1.82, 2.24) is 0 Å². The van der Waals surface area contributed by atoms with Crippen molar-refractivity contribution in [3.8, 4) is 0 Å². The second-order valence-corrected chi connectivity index (χ2v) is 4.44. The fraction of sp³-hybridized carbons (Fsp3) is 0.500. The summed E-state index contributed by atoms with van der Waals surface area (Å²) >= 11 is 0. The van der Waals surface area contributed by atoms with E-state index in [1.807, 2.05) is 58.0 Å². The first-order valence-electron chi connectivity index (χ1n) is 5.76. The molecule has 1 atom stereocenters. The third-order valence-electron chi connectivity index (χ3n) is 3.23. The lowest BCUT2D eigenvalue weighted by atomic mass is 9.73. The summed E-state index contributed by atoms with van der Waals surface area (Å²) in [5.74, 6) is 0.0603.